The van der Waals surface area contributed by atoms with Crippen molar-refractivity contribution >= 4 is 23.4 Å². The van der Waals surface area contributed by atoms with E-state index in [9.17, 15) is 14.4 Å². The number of carbonyl (C=O) groups excluding carboxylic acids is 3. The highest BCUT2D eigenvalue weighted by Gasteiger charge is 2.17. The molecule has 7 nitrogen and oxygen atoms in total. The van der Waals surface area contributed by atoms with E-state index >= 15 is 0 Å². The Morgan fingerprint density at radius 1 is 0.950 bits per heavy atom. The molecule has 0 aliphatic rings. The Hall–Kier alpha value is -2.57. The Labute approximate surface area is 116 Å². The molecule has 1 aromatic rings. The largest absolute Gasteiger partial charge is 0.399 e. The van der Waals surface area contributed by atoms with Gasteiger partial charge in [-0.1, -0.05) is 12.1 Å². The summed E-state index contributed by atoms with van der Waals surface area (Å²) in [6.45, 7) is -0.632. The molecule has 0 saturated heterocycles. The fourth-order valence-corrected chi connectivity index (χ4v) is 1.70. The average molecular weight is 278 g/mol. The number of anilines is 1. The lowest BCUT2D eigenvalue weighted by molar-refractivity contribution is -0.138. The van der Waals surface area contributed by atoms with Gasteiger partial charge in [-0.15, -0.1) is 0 Å². The molecule has 0 aliphatic carbocycles. The predicted octanol–water partition coefficient (Wildman–Crippen LogP) is -0.999. The second-order valence-corrected chi connectivity index (χ2v) is 4.42. The minimum Gasteiger partial charge on any atom is -0.399 e. The van der Waals surface area contributed by atoms with Crippen LogP contribution in [0.2, 0.25) is 0 Å². The van der Waals surface area contributed by atoms with Gasteiger partial charge in [0.15, 0.2) is 0 Å². The minimum atomic E-state index is -0.688. The molecule has 1 rings (SSSR count). The molecule has 108 valence electrons. The summed E-state index contributed by atoms with van der Waals surface area (Å²) in [6.07, 6.45) is 0.637. The van der Waals surface area contributed by atoms with E-state index in [1.807, 2.05) is 12.1 Å². The summed E-state index contributed by atoms with van der Waals surface area (Å²) in [7, 11) is 0. The molecule has 0 unspecified atom stereocenters. The minimum absolute atomic E-state index is 0.157. The van der Waals surface area contributed by atoms with Crippen LogP contribution in [0.3, 0.4) is 0 Å². The van der Waals surface area contributed by atoms with Gasteiger partial charge in [0.1, 0.15) is 0 Å². The zero-order chi connectivity index (χ0) is 15.1. The van der Waals surface area contributed by atoms with Gasteiger partial charge in [0.25, 0.3) is 0 Å². The van der Waals surface area contributed by atoms with E-state index in [1.165, 1.54) is 0 Å². The highest BCUT2D eigenvalue weighted by molar-refractivity contribution is 5.88. The molecule has 7 heteroatoms. The Morgan fingerprint density at radius 3 is 1.90 bits per heavy atom. The first-order valence-corrected chi connectivity index (χ1v) is 6.07. The summed E-state index contributed by atoms with van der Waals surface area (Å²) >= 11 is 0. The molecule has 1 aromatic carbocycles. The monoisotopic (exact) mass is 278 g/mol. The fraction of sp³-hybridized carbons (Fsp3) is 0.308. The highest BCUT2D eigenvalue weighted by Crippen LogP contribution is 2.08. The number of nitrogens with zero attached hydrogens (tertiary/aromatic N) is 1. The van der Waals surface area contributed by atoms with E-state index in [4.69, 9.17) is 17.2 Å². The summed E-state index contributed by atoms with van der Waals surface area (Å²) < 4.78 is 0. The molecule has 6 N–H and O–H groups in total. The van der Waals surface area contributed by atoms with Crippen LogP contribution in [0.5, 0.6) is 0 Å². The van der Waals surface area contributed by atoms with E-state index in [2.05, 4.69) is 0 Å². The smallest absolute Gasteiger partial charge is 0.237 e. The van der Waals surface area contributed by atoms with Crippen molar-refractivity contribution in [3.8, 4) is 0 Å². The van der Waals surface area contributed by atoms with Crippen molar-refractivity contribution in [3.63, 3.8) is 0 Å². The first-order chi connectivity index (χ1) is 9.38. The number of hydrogen-bond acceptors (Lipinski definition) is 4. The maximum atomic E-state index is 11.9. The summed E-state index contributed by atoms with van der Waals surface area (Å²) in [5.74, 6) is -1.72. The molecule has 0 bridgehead atoms. The fourth-order valence-electron chi connectivity index (χ4n) is 1.70. The van der Waals surface area contributed by atoms with E-state index in [1.54, 1.807) is 12.1 Å². The maximum Gasteiger partial charge on any atom is 0.237 e. The van der Waals surface area contributed by atoms with Crippen LogP contribution in [-0.2, 0) is 20.8 Å². The lowest BCUT2D eigenvalue weighted by Gasteiger charge is -2.19. The first-order valence-electron chi connectivity index (χ1n) is 6.07. The lowest BCUT2D eigenvalue weighted by Crippen LogP contribution is -2.43. The molecule has 0 aromatic heterocycles. The molecule has 0 spiro atoms. The van der Waals surface area contributed by atoms with Gasteiger partial charge in [0.2, 0.25) is 17.7 Å². The number of hydrogen-bond donors (Lipinski definition) is 3. The number of benzene rings is 1. The molecule has 0 saturated carbocycles. The van der Waals surface area contributed by atoms with Gasteiger partial charge in [-0.25, -0.2) is 0 Å². The number of carbonyl (C=O) groups is 3. The normalized spacial score (nSPS) is 10.0. The van der Waals surface area contributed by atoms with Crippen LogP contribution in [0.25, 0.3) is 0 Å². The zero-order valence-corrected chi connectivity index (χ0v) is 11.0. The van der Waals surface area contributed by atoms with Crippen molar-refractivity contribution in [2.75, 3.05) is 18.8 Å². The highest BCUT2D eigenvalue weighted by atomic mass is 16.2. The second-order valence-electron chi connectivity index (χ2n) is 4.42. The van der Waals surface area contributed by atoms with E-state index in [0.717, 1.165) is 10.5 Å². The molecule has 0 aliphatic heterocycles. The lowest BCUT2D eigenvalue weighted by atomic mass is 10.1. The number of nitrogens with two attached hydrogens (primary N) is 3. The molecule has 20 heavy (non-hydrogen) atoms. The quantitative estimate of drug-likeness (QED) is 0.552. The van der Waals surface area contributed by atoms with Crippen molar-refractivity contribution < 1.29 is 14.4 Å². The Morgan fingerprint density at radius 2 is 1.45 bits per heavy atom. The molecule has 0 atom stereocenters. The standard InChI is InChI=1S/C13H18N4O3/c14-10-4-1-9(2-5-10)3-6-13(20)17(7-11(15)18)8-12(16)19/h1-2,4-5H,3,6-8,14H2,(H2,15,18)(H2,16,19). The van der Waals surface area contributed by atoms with Crippen molar-refractivity contribution in [2.45, 2.75) is 12.8 Å². The van der Waals surface area contributed by atoms with Crippen LogP contribution in [0.15, 0.2) is 24.3 Å². The topological polar surface area (TPSA) is 133 Å². The molecule has 0 radical (unpaired) electrons. The van der Waals surface area contributed by atoms with Crippen LogP contribution >= 0.6 is 0 Å². The number of aryl methyl sites for hydroxylation is 1. The van der Waals surface area contributed by atoms with Crippen molar-refractivity contribution in [3.05, 3.63) is 29.8 Å². The van der Waals surface area contributed by atoms with Crippen LogP contribution < -0.4 is 17.2 Å². The maximum absolute atomic E-state index is 11.9. The zero-order valence-electron chi connectivity index (χ0n) is 11.0. The predicted molar refractivity (Wildman–Crippen MR) is 74.1 cm³/mol. The Kier molecular flexibility index (Phi) is 5.52. The van der Waals surface area contributed by atoms with Crippen LogP contribution in [0, 0.1) is 0 Å². The molecule has 3 amide bonds. The average Bonchev–Trinajstić information content (AvgIpc) is 2.36. The molecular formula is C13H18N4O3. The molecule has 0 heterocycles. The van der Waals surface area contributed by atoms with Crippen LogP contribution in [-0.4, -0.2) is 35.7 Å². The number of nitrogen functional groups attached to an aromatic ring is 1. The number of rotatable bonds is 7. The number of amides is 3. The van der Waals surface area contributed by atoms with Gasteiger partial charge in [0, 0.05) is 12.1 Å². The summed E-state index contributed by atoms with van der Waals surface area (Å²) in [5.41, 5.74) is 17.2. The summed E-state index contributed by atoms with van der Waals surface area (Å²) in [5, 5.41) is 0. The van der Waals surface area contributed by atoms with Gasteiger partial charge in [-0.05, 0) is 24.1 Å². The van der Waals surface area contributed by atoms with Crippen molar-refractivity contribution in [2.24, 2.45) is 11.5 Å². The van der Waals surface area contributed by atoms with Crippen molar-refractivity contribution in [1.29, 1.82) is 0 Å². The Bertz CT molecular complexity index is 483. The number of primary amides is 2. The Balaban J connectivity index is 2.58. The summed E-state index contributed by atoms with van der Waals surface area (Å²) in [4.78, 5) is 34.7. The van der Waals surface area contributed by atoms with Crippen LogP contribution in [0.4, 0.5) is 5.69 Å². The third kappa shape index (κ3) is 5.38. The second kappa shape index (κ2) is 7.13. The van der Waals surface area contributed by atoms with Gasteiger partial charge in [0.05, 0.1) is 13.1 Å². The van der Waals surface area contributed by atoms with Gasteiger partial charge in [-0.3, -0.25) is 14.4 Å². The molecule has 0 fully saturated rings. The van der Waals surface area contributed by atoms with Crippen molar-refractivity contribution in [1.82, 2.24) is 4.90 Å². The third-order valence-corrected chi connectivity index (χ3v) is 2.65. The van der Waals surface area contributed by atoms with Gasteiger partial charge in [-0.2, -0.15) is 0 Å². The van der Waals surface area contributed by atoms with Gasteiger partial charge >= 0.3 is 0 Å². The summed E-state index contributed by atoms with van der Waals surface area (Å²) in [6, 6.07) is 7.11. The van der Waals surface area contributed by atoms with E-state index < -0.39 is 11.8 Å². The van der Waals surface area contributed by atoms with E-state index in [-0.39, 0.29) is 25.4 Å². The van der Waals surface area contributed by atoms with Gasteiger partial charge < -0.3 is 22.1 Å². The first kappa shape index (κ1) is 15.5. The SMILES string of the molecule is NC(=O)CN(CC(N)=O)C(=O)CCc1ccc(N)cc1. The third-order valence-electron chi connectivity index (χ3n) is 2.65. The van der Waals surface area contributed by atoms with E-state index in [0.29, 0.717) is 12.1 Å². The molecular weight excluding hydrogens is 260 g/mol. The van der Waals surface area contributed by atoms with Crippen LogP contribution in [0.1, 0.15) is 12.0 Å².